The van der Waals surface area contributed by atoms with E-state index >= 15 is 0 Å². The van der Waals surface area contributed by atoms with Gasteiger partial charge in [-0.05, 0) is 48.9 Å². The van der Waals surface area contributed by atoms with E-state index < -0.39 is 0 Å². The molecule has 2 rings (SSSR count). The Bertz CT molecular complexity index is 387. The third-order valence-corrected chi connectivity index (χ3v) is 3.79. The summed E-state index contributed by atoms with van der Waals surface area (Å²) in [6, 6.07) is 7.03. The number of rotatable bonds is 3. The molecule has 0 unspecified atom stereocenters. The fourth-order valence-electron chi connectivity index (χ4n) is 2.85. The van der Waals surface area contributed by atoms with Crippen LogP contribution in [-0.4, -0.2) is 24.3 Å². The van der Waals surface area contributed by atoms with E-state index in [0.29, 0.717) is 12.0 Å². The number of hydrogen-bond acceptors (Lipinski definition) is 2. The van der Waals surface area contributed by atoms with E-state index in [-0.39, 0.29) is 6.61 Å². The van der Waals surface area contributed by atoms with Gasteiger partial charge in [0.2, 0.25) is 0 Å². The summed E-state index contributed by atoms with van der Waals surface area (Å²) in [6.45, 7) is 7.99. The summed E-state index contributed by atoms with van der Waals surface area (Å²) in [4.78, 5) is 2.34. The lowest BCUT2D eigenvalue weighted by Gasteiger charge is -2.26. The van der Waals surface area contributed by atoms with E-state index in [1.54, 1.807) is 0 Å². The number of anilines is 1. The SMILES string of the molecule is Cc1cc(N2CCC[C@@H]2CO)ccc1C(C)C. The van der Waals surface area contributed by atoms with Gasteiger partial charge in [-0.25, -0.2) is 0 Å². The average molecular weight is 233 g/mol. The monoisotopic (exact) mass is 233 g/mol. The molecule has 1 atom stereocenters. The van der Waals surface area contributed by atoms with Gasteiger partial charge in [0.05, 0.1) is 12.6 Å². The molecule has 1 fully saturated rings. The second-order valence-electron chi connectivity index (χ2n) is 5.37. The first-order valence-electron chi connectivity index (χ1n) is 6.61. The van der Waals surface area contributed by atoms with Crippen molar-refractivity contribution in [2.45, 2.75) is 45.6 Å². The van der Waals surface area contributed by atoms with Gasteiger partial charge in [-0.2, -0.15) is 0 Å². The quantitative estimate of drug-likeness (QED) is 0.867. The molecule has 2 nitrogen and oxygen atoms in total. The highest BCUT2D eigenvalue weighted by Crippen LogP contribution is 2.29. The summed E-state index contributed by atoms with van der Waals surface area (Å²) in [5.74, 6) is 0.580. The summed E-state index contributed by atoms with van der Waals surface area (Å²) in [5.41, 5.74) is 4.05. The number of nitrogens with zero attached hydrogens (tertiary/aromatic N) is 1. The van der Waals surface area contributed by atoms with Gasteiger partial charge in [0.25, 0.3) is 0 Å². The Kier molecular flexibility index (Phi) is 3.72. The van der Waals surface area contributed by atoms with Crippen LogP contribution >= 0.6 is 0 Å². The van der Waals surface area contributed by atoms with Crippen molar-refractivity contribution >= 4 is 5.69 Å². The zero-order valence-electron chi connectivity index (χ0n) is 11.1. The molecule has 1 aromatic rings. The third-order valence-electron chi connectivity index (χ3n) is 3.79. The molecule has 0 saturated carbocycles. The van der Waals surface area contributed by atoms with Crippen LogP contribution in [0.25, 0.3) is 0 Å². The summed E-state index contributed by atoms with van der Waals surface area (Å²) in [7, 11) is 0. The number of benzene rings is 1. The zero-order valence-corrected chi connectivity index (χ0v) is 11.1. The first kappa shape index (κ1) is 12.4. The second-order valence-corrected chi connectivity index (χ2v) is 5.37. The van der Waals surface area contributed by atoms with Gasteiger partial charge < -0.3 is 10.0 Å². The molecule has 1 aliphatic heterocycles. The molecule has 1 aromatic carbocycles. The maximum atomic E-state index is 9.37. The largest absolute Gasteiger partial charge is 0.394 e. The maximum absolute atomic E-state index is 9.37. The Morgan fingerprint density at radius 2 is 2.18 bits per heavy atom. The van der Waals surface area contributed by atoms with Crippen LogP contribution in [-0.2, 0) is 0 Å². The molecule has 17 heavy (non-hydrogen) atoms. The van der Waals surface area contributed by atoms with Gasteiger partial charge in [-0.1, -0.05) is 19.9 Å². The van der Waals surface area contributed by atoms with Crippen molar-refractivity contribution in [1.82, 2.24) is 0 Å². The van der Waals surface area contributed by atoms with E-state index in [4.69, 9.17) is 0 Å². The normalized spacial score (nSPS) is 20.3. The van der Waals surface area contributed by atoms with Gasteiger partial charge in [0.15, 0.2) is 0 Å². The van der Waals surface area contributed by atoms with Crippen LogP contribution in [0.1, 0.15) is 43.7 Å². The highest BCUT2D eigenvalue weighted by Gasteiger charge is 2.24. The maximum Gasteiger partial charge on any atom is 0.0635 e. The lowest BCUT2D eigenvalue weighted by molar-refractivity contribution is 0.266. The van der Waals surface area contributed by atoms with Crippen LogP contribution < -0.4 is 4.90 Å². The zero-order chi connectivity index (χ0) is 12.4. The Morgan fingerprint density at radius 1 is 1.41 bits per heavy atom. The highest BCUT2D eigenvalue weighted by molar-refractivity contribution is 5.53. The Morgan fingerprint density at radius 3 is 2.76 bits per heavy atom. The predicted octanol–water partition coefficient (Wildman–Crippen LogP) is 3.08. The highest BCUT2D eigenvalue weighted by atomic mass is 16.3. The predicted molar refractivity (Wildman–Crippen MR) is 72.7 cm³/mol. The number of aliphatic hydroxyl groups excluding tert-OH is 1. The van der Waals surface area contributed by atoms with E-state index in [1.807, 2.05) is 0 Å². The molecule has 1 aliphatic rings. The first-order chi connectivity index (χ1) is 8.13. The van der Waals surface area contributed by atoms with Crippen LogP contribution in [0.2, 0.25) is 0 Å². The minimum absolute atomic E-state index is 0.269. The molecule has 0 spiro atoms. The van der Waals surface area contributed by atoms with Crippen molar-refractivity contribution in [2.24, 2.45) is 0 Å². The molecular formula is C15H23NO. The molecular weight excluding hydrogens is 210 g/mol. The number of hydrogen-bond donors (Lipinski definition) is 1. The lowest BCUT2D eigenvalue weighted by atomic mass is 9.97. The standard InChI is InChI=1S/C15H23NO/c1-11(2)15-7-6-13(9-12(15)3)16-8-4-5-14(16)10-17/h6-7,9,11,14,17H,4-5,8,10H2,1-3H3/t14-/m1/s1. The van der Waals surface area contributed by atoms with Crippen molar-refractivity contribution < 1.29 is 5.11 Å². The average Bonchev–Trinajstić information content (AvgIpc) is 2.76. The summed E-state index contributed by atoms with van der Waals surface area (Å²) >= 11 is 0. The van der Waals surface area contributed by atoms with Gasteiger partial charge in [0.1, 0.15) is 0 Å². The fourth-order valence-corrected chi connectivity index (χ4v) is 2.85. The smallest absolute Gasteiger partial charge is 0.0635 e. The van der Waals surface area contributed by atoms with Crippen molar-refractivity contribution in [3.63, 3.8) is 0 Å². The fraction of sp³-hybridized carbons (Fsp3) is 0.600. The Hall–Kier alpha value is -1.02. The molecule has 1 saturated heterocycles. The molecule has 0 radical (unpaired) electrons. The molecule has 0 amide bonds. The van der Waals surface area contributed by atoms with E-state index in [1.165, 1.54) is 23.2 Å². The van der Waals surface area contributed by atoms with Crippen LogP contribution in [0.15, 0.2) is 18.2 Å². The van der Waals surface area contributed by atoms with Crippen LogP contribution in [0.4, 0.5) is 5.69 Å². The van der Waals surface area contributed by atoms with E-state index in [9.17, 15) is 5.11 Å². The topological polar surface area (TPSA) is 23.5 Å². The van der Waals surface area contributed by atoms with Crippen molar-refractivity contribution in [3.05, 3.63) is 29.3 Å². The van der Waals surface area contributed by atoms with Crippen molar-refractivity contribution in [3.8, 4) is 0 Å². The first-order valence-corrected chi connectivity index (χ1v) is 6.61. The van der Waals surface area contributed by atoms with E-state index in [0.717, 1.165) is 13.0 Å². The van der Waals surface area contributed by atoms with Crippen LogP contribution in [0.5, 0.6) is 0 Å². The molecule has 0 aromatic heterocycles. The molecule has 0 bridgehead atoms. The molecule has 1 N–H and O–H groups in total. The molecule has 1 heterocycles. The molecule has 0 aliphatic carbocycles. The summed E-state index contributed by atoms with van der Waals surface area (Å²) < 4.78 is 0. The van der Waals surface area contributed by atoms with Crippen molar-refractivity contribution in [1.29, 1.82) is 0 Å². The second kappa shape index (κ2) is 5.09. The van der Waals surface area contributed by atoms with Gasteiger partial charge in [-0.3, -0.25) is 0 Å². The molecule has 94 valence electrons. The summed E-state index contributed by atoms with van der Waals surface area (Å²) in [5, 5.41) is 9.37. The van der Waals surface area contributed by atoms with Crippen LogP contribution in [0, 0.1) is 6.92 Å². The van der Waals surface area contributed by atoms with Gasteiger partial charge in [-0.15, -0.1) is 0 Å². The minimum atomic E-state index is 0.269. The Labute approximate surface area is 104 Å². The van der Waals surface area contributed by atoms with Gasteiger partial charge >= 0.3 is 0 Å². The molecule has 2 heteroatoms. The minimum Gasteiger partial charge on any atom is -0.394 e. The lowest BCUT2D eigenvalue weighted by Crippen LogP contribution is -2.32. The van der Waals surface area contributed by atoms with Crippen molar-refractivity contribution in [2.75, 3.05) is 18.1 Å². The number of aliphatic hydroxyl groups is 1. The summed E-state index contributed by atoms with van der Waals surface area (Å²) in [6.07, 6.45) is 2.30. The van der Waals surface area contributed by atoms with Crippen LogP contribution in [0.3, 0.4) is 0 Å². The third kappa shape index (κ3) is 2.47. The Balaban J connectivity index is 2.25. The number of aryl methyl sites for hydroxylation is 1. The van der Waals surface area contributed by atoms with Gasteiger partial charge in [0, 0.05) is 12.2 Å². The van der Waals surface area contributed by atoms with E-state index in [2.05, 4.69) is 43.9 Å².